The van der Waals surface area contributed by atoms with Crippen LogP contribution in [0.5, 0.6) is 0 Å². The first-order valence-electron chi connectivity index (χ1n) is 2.94. The maximum atomic E-state index is 3.91. The van der Waals surface area contributed by atoms with E-state index in [1.807, 2.05) is 0 Å². The molecule has 0 aliphatic carbocycles. The maximum absolute atomic E-state index is 3.91. The van der Waals surface area contributed by atoms with Crippen LogP contribution in [0, 0.1) is 5.41 Å². The molecule has 0 amide bonds. The number of nitrogens with zero attached hydrogens (tertiary/aromatic N) is 1. The van der Waals surface area contributed by atoms with Gasteiger partial charge in [-0.3, -0.25) is 4.99 Å². The van der Waals surface area contributed by atoms with Crippen LogP contribution in [-0.4, -0.2) is 12.8 Å². The fourth-order valence-electron chi connectivity index (χ4n) is 0.274. The van der Waals surface area contributed by atoms with Gasteiger partial charge in [0.05, 0.1) is 6.04 Å². The van der Waals surface area contributed by atoms with Gasteiger partial charge in [0.15, 0.2) is 0 Å². The number of aliphatic imine (C=N–C) groups is 1. The summed E-state index contributed by atoms with van der Waals surface area (Å²) in [7, 11) is 0. The van der Waals surface area contributed by atoms with Gasteiger partial charge in [-0.1, -0.05) is 20.8 Å². The summed E-state index contributed by atoms with van der Waals surface area (Å²) in [6.07, 6.45) is 0. The molecule has 0 aromatic heterocycles. The molecule has 8 heavy (non-hydrogen) atoms. The van der Waals surface area contributed by atoms with Gasteiger partial charge in [0.2, 0.25) is 0 Å². The van der Waals surface area contributed by atoms with E-state index in [1.54, 1.807) is 0 Å². The van der Waals surface area contributed by atoms with Gasteiger partial charge in [-0.25, -0.2) is 0 Å². The highest BCUT2D eigenvalue weighted by Gasteiger charge is 2.17. The lowest BCUT2D eigenvalue weighted by Gasteiger charge is -2.22. The van der Waals surface area contributed by atoms with E-state index in [2.05, 4.69) is 39.4 Å². The first-order chi connectivity index (χ1) is 3.48. The van der Waals surface area contributed by atoms with Gasteiger partial charge in [-0.15, -0.1) is 0 Å². The highest BCUT2D eigenvalue weighted by molar-refractivity contribution is 5.24. The molecule has 1 atom stereocenters. The van der Waals surface area contributed by atoms with Crippen molar-refractivity contribution in [1.29, 1.82) is 0 Å². The Kier molecular flexibility index (Phi) is 2.20. The van der Waals surface area contributed by atoms with Crippen molar-refractivity contribution in [2.24, 2.45) is 10.4 Å². The zero-order chi connectivity index (χ0) is 6.78. The largest absolute Gasteiger partial charge is 0.297 e. The Morgan fingerprint density at radius 2 is 1.75 bits per heavy atom. The van der Waals surface area contributed by atoms with E-state index in [1.165, 1.54) is 0 Å². The van der Waals surface area contributed by atoms with Crippen molar-refractivity contribution >= 4 is 6.72 Å². The molecule has 1 heteroatoms. The van der Waals surface area contributed by atoms with Crippen LogP contribution in [0.3, 0.4) is 0 Å². The minimum atomic E-state index is 0.280. The Morgan fingerprint density at radius 3 is 1.75 bits per heavy atom. The highest BCUT2D eigenvalue weighted by Crippen LogP contribution is 2.20. The molecule has 0 saturated heterocycles. The zero-order valence-corrected chi connectivity index (χ0v) is 6.23. The monoisotopic (exact) mass is 113 g/mol. The predicted octanol–water partition coefficient (Wildman–Crippen LogP) is 2.12. The number of rotatable bonds is 1. The predicted molar refractivity (Wildman–Crippen MR) is 38.5 cm³/mol. The Bertz CT molecular complexity index is 78.9. The Morgan fingerprint density at radius 1 is 1.38 bits per heavy atom. The molecule has 1 unspecified atom stereocenters. The molecule has 0 spiro atoms. The second kappa shape index (κ2) is 2.29. The van der Waals surface area contributed by atoms with Crippen LogP contribution in [-0.2, 0) is 0 Å². The average molecular weight is 113 g/mol. The standard InChI is InChI=1S/C7H15N/c1-6(8-5)7(2,3)4/h6H,5H2,1-4H3. The molecule has 48 valence electrons. The summed E-state index contributed by atoms with van der Waals surface area (Å²) >= 11 is 0. The Balaban J connectivity index is 3.80. The lowest BCUT2D eigenvalue weighted by molar-refractivity contribution is 0.343. The molecule has 0 bridgehead atoms. The van der Waals surface area contributed by atoms with Gasteiger partial charge in [-0.2, -0.15) is 0 Å². The number of hydrogen-bond donors (Lipinski definition) is 0. The molecule has 1 nitrogen and oxygen atoms in total. The van der Waals surface area contributed by atoms with Crippen LogP contribution < -0.4 is 0 Å². The lowest BCUT2D eigenvalue weighted by atomic mass is 9.89. The van der Waals surface area contributed by atoms with Gasteiger partial charge in [0, 0.05) is 0 Å². The normalized spacial score (nSPS) is 15.5. The van der Waals surface area contributed by atoms with Crippen LogP contribution in [0.4, 0.5) is 0 Å². The summed E-state index contributed by atoms with van der Waals surface area (Å²) in [4.78, 5) is 3.91. The van der Waals surface area contributed by atoms with Crippen LogP contribution in [0.2, 0.25) is 0 Å². The molecule has 0 aliphatic rings. The molecular formula is C7H15N. The summed E-state index contributed by atoms with van der Waals surface area (Å²) in [5, 5.41) is 0. The third-order valence-corrected chi connectivity index (χ3v) is 1.53. The summed E-state index contributed by atoms with van der Waals surface area (Å²) < 4.78 is 0. The molecule has 0 fully saturated rings. The second-order valence-electron chi connectivity index (χ2n) is 3.22. The van der Waals surface area contributed by atoms with Crippen molar-refractivity contribution in [3.8, 4) is 0 Å². The summed E-state index contributed by atoms with van der Waals surface area (Å²) in [6, 6.07) is 0.363. The van der Waals surface area contributed by atoms with Crippen molar-refractivity contribution in [3.63, 3.8) is 0 Å². The third kappa shape index (κ3) is 2.10. The topological polar surface area (TPSA) is 12.4 Å². The Hall–Kier alpha value is -0.330. The van der Waals surface area contributed by atoms with Crippen LogP contribution in [0.25, 0.3) is 0 Å². The van der Waals surface area contributed by atoms with Gasteiger partial charge >= 0.3 is 0 Å². The van der Waals surface area contributed by atoms with E-state index >= 15 is 0 Å². The summed E-state index contributed by atoms with van der Waals surface area (Å²) in [5.74, 6) is 0. The minimum Gasteiger partial charge on any atom is -0.297 e. The smallest absolute Gasteiger partial charge is 0.0512 e. The fourth-order valence-corrected chi connectivity index (χ4v) is 0.274. The molecule has 0 saturated carbocycles. The molecular weight excluding hydrogens is 98.1 g/mol. The van der Waals surface area contributed by atoms with Crippen molar-refractivity contribution in [2.75, 3.05) is 0 Å². The Labute approximate surface area is 51.8 Å². The van der Waals surface area contributed by atoms with Crippen LogP contribution >= 0.6 is 0 Å². The molecule has 0 N–H and O–H groups in total. The van der Waals surface area contributed by atoms with Gasteiger partial charge in [-0.05, 0) is 19.1 Å². The minimum absolute atomic E-state index is 0.280. The average Bonchev–Trinajstić information content (AvgIpc) is 1.62. The van der Waals surface area contributed by atoms with Crippen molar-refractivity contribution in [3.05, 3.63) is 0 Å². The SMILES string of the molecule is C=NC(C)C(C)(C)C. The van der Waals surface area contributed by atoms with Crippen LogP contribution in [0.15, 0.2) is 4.99 Å². The third-order valence-electron chi connectivity index (χ3n) is 1.53. The summed E-state index contributed by atoms with van der Waals surface area (Å²) in [6.45, 7) is 12.0. The van der Waals surface area contributed by atoms with E-state index in [4.69, 9.17) is 0 Å². The summed E-state index contributed by atoms with van der Waals surface area (Å²) in [5.41, 5.74) is 0.280. The van der Waals surface area contributed by atoms with Crippen molar-refractivity contribution in [1.82, 2.24) is 0 Å². The van der Waals surface area contributed by atoms with Crippen LogP contribution in [0.1, 0.15) is 27.7 Å². The van der Waals surface area contributed by atoms with Crippen molar-refractivity contribution in [2.45, 2.75) is 33.7 Å². The highest BCUT2D eigenvalue weighted by atomic mass is 14.8. The fraction of sp³-hybridized carbons (Fsp3) is 0.857. The zero-order valence-electron chi connectivity index (χ0n) is 6.23. The van der Waals surface area contributed by atoms with Gasteiger partial charge < -0.3 is 0 Å². The molecule has 0 rings (SSSR count). The molecule has 0 aromatic rings. The van der Waals surface area contributed by atoms with E-state index in [9.17, 15) is 0 Å². The quantitative estimate of drug-likeness (QED) is 0.462. The molecule has 0 radical (unpaired) electrons. The lowest BCUT2D eigenvalue weighted by Crippen LogP contribution is -2.20. The van der Waals surface area contributed by atoms with E-state index in [-0.39, 0.29) is 5.41 Å². The van der Waals surface area contributed by atoms with E-state index in [0.29, 0.717) is 6.04 Å². The first-order valence-corrected chi connectivity index (χ1v) is 2.94. The molecule has 0 aromatic carbocycles. The van der Waals surface area contributed by atoms with Crippen molar-refractivity contribution < 1.29 is 0 Å². The maximum Gasteiger partial charge on any atom is 0.0512 e. The van der Waals surface area contributed by atoms with E-state index in [0.717, 1.165) is 0 Å². The second-order valence-corrected chi connectivity index (χ2v) is 3.22. The first kappa shape index (κ1) is 7.67. The van der Waals surface area contributed by atoms with E-state index < -0.39 is 0 Å². The van der Waals surface area contributed by atoms with Gasteiger partial charge in [0.25, 0.3) is 0 Å². The number of hydrogen-bond acceptors (Lipinski definition) is 1. The molecule has 0 heterocycles. The van der Waals surface area contributed by atoms with Gasteiger partial charge in [0.1, 0.15) is 0 Å². The molecule has 0 aliphatic heterocycles.